The average Bonchev–Trinajstić information content (AvgIpc) is 3.74. The van der Waals surface area contributed by atoms with Gasteiger partial charge in [-0.1, -0.05) is 114 Å². The maximum absolute atomic E-state index is 2.64. The van der Waals surface area contributed by atoms with E-state index in [1.807, 2.05) is 0 Å². The minimum absolute atomic E-state index is 0. The third kappa shape index (κ3) is 3.84. The maximum Gasteiger partial charge on any atom is 4.00 e. The van der Waals surface area contributed by atoms with Gasteiger partial charge in [0.2, 0.25) is 0 Å². The molecule has 7 aromatic carbocycles. The molecule has 0 aliphatic heterocycles. The predicted octanol–water partition coefficient (Wildman–Crippen LogP) is 8.55. The molecule has 7 aromatic rings. The van der Waals surface area contributed by atoms with Crippen LogP contribution in [-0.4, -0.2) is 8.07 Å². The van der Waals surface area contributed by atoms with Gasteiger partial charge in [-0.2, -0.15) is 12.1 Å². The summed E-state index contributed by atoms with van der Waals surface area (Å²) in [7, 11) is -2.40. The van der Waals surface area contributed by atoms with E-state index in [9.17, 15) is 0 Å². The maximum atomic E-state index is 2.64. The van der Waals surface area contributed by atoms with Gasteiger partial charge in [-0.25, -0.2) is 0 Å². The van der Waals surface area contributed by atoms with E-state index < -0.39 is 8.07 Å². The first kappa shape index (κ1) is 29.8. The number of hydrogen-bond donors (Lipinski definition) is 0. The van der Waals surface area contributed by atoms with Gasteiger partial charge < -0.3 is 14.9 Å². The smallest absolute Gasteiger partial charge is 0.358 e. The molecule has 0 bridgehead atoms. The molecule has 210 valence electrons. The van der Waals surface area contributed by atoms with Crippen LogP contribution in [0.4, 0.5) is 0 Å². The molecule has 0 radical (unpaired) electrons. The van der Waals surface area contributed by atoms with Crippen molar-refractivity contribution < 1.29 is 21.7 Å². The fraction of sp³-hybridized carbons (Fsp3) is 0.171. The normalized spacial score (nSPS) is 13.5. The van der Waals surface area contributed by atoms with E-state index in [0.29, 0.717) is 0 Å². The number of fused-ring (bicyclic) bond motifs is 4. The van der Waals surface area contributed by atoms with Gasteiger partial charge >= 0.3 is 21.7 Å². The van der Waals surface area contributed by atoms with Crippen LogP contribution in [0.1, 0.15) is 33.4 Å². The van der Waals surface area contributed by atoms with E-state index in [0.717, 1.165) is 12.8 Å². The zero-order valence-corrected chi connectivity index (χ0v) is 28.6. The molecule has 2 aliphatic rings. The molecule has 0 N–H and O–H groups in total. The Morgan fingerprint density at radius 3 is 1.42 bits per heavy atom. The van der Waals surface area contributed by atoms with Crippen LogP contribution >= 0.6 is 0 Å². The van der Waals surface area contributed by atoms with Crippen LogP contribution < -0.4 is 15.6 Å². The molecule has 9 rings (SSSR count). The van der Waals surface area contributed by atoms with Gasteiger partial charge in [0, 0.05) is 0 Å². The number of hydrogen-bond acceptors (Lipinski definition) is 0. The van der Waals surface area contributed by atoms with E-state index >= 15 is 0 Å². The molecule has 0 saturated heterocycles. The van der Waals surface area contributed by atoms with Crippen LogP contribution in [0.25, 0.3) is 43.1 Å². The Morgan fingerprint density at radius 1 is 0.512 bits per heavy atom. The summed E-state index contributed by atoms with van der Waals surface area (Å²) >= 11 is 0. The molecule has 0 saturated carbocycles. The third-order valence-electron chi connectivity index (χ3n) is 10.5. The van der Waals surface area contributed by atoms with Crippen molar-refractivity contribution in [3.05, 3.63) is 139 Å². The first-order valence-electron chi connectivity index (χ1n) is 14.9. The standard InChI is InChI=1S/C39H32Si.2CH3.Ti/c1-23-19-32-30-13-7-9-25-15-17-27(36(25)30)21-34(32)38(23)40(3,29-11-5-4-6-12-29)39-24(2)20-33-31-14-8-10-26-16-18-28(37(26)31)22-35(33)39;;;/h4-14,19-22H,15-18H2,1-3H3;2*1H3;/q-2;2*-1;+4. The first-order valence-corrected chi connectivity index (χ1v) is 17.4. The van der Waals surface area contributed by atoms with Crippen molar-refractivity contribution in [2.45, 2.75) is 46.1 Å². The van der Waals surface area contributed by atoms with E-state index in [1.165, 1.54) is 83.4 Å². The van der Waals surface area contributed by atoms with Gasteiger partial charge in [-0.3, -0.25) is 0 Å². The van der Waals surface area contributed by atoms with Crippen LogP contribution in [-0.2, 0) is 47.4 Å². The predicted molar refractivity (Wildman–Crippen MR) is 188 cm³/mol. The average molecular weight is 607 g/mol. The second-order valence-corrected chi connectivity index (χ2v) is 16.4. The molecule has 0 aromatic heterocycles. The Bertz CT molecular complexity index is 2060. The largest absolute Gasteiger partial charge is 4.00 e. The molecule has 43 heavy (non-hydrogen) atoms. The van der Waals surface area contributed by atoms with Crippen molar-refractivity contribution in [2.75, 3.05) is 0 Å². The van der Waals surface area contributed by atoms with Gasteiger partial charge in [-0.15, -0.1) is 55.2 Å². The van der Waals surface area contributed by atoms with Crippen LogP contribution in [0.5, 0.6) is 0 Å². The van der Waals surface area contributed by atoms with Gasteiger partial charge in [0.15, 0.2) is 0 Å². The number of rotatable bonds is 3. The monoisotopic (exact) mass is 606 g/mol. The number of aryl methyl sites for hydroxylation is 6. The van der Waals surface area contributed by atoms with Crippen molar-refractivity contribution in [2.24, 2.45) is 0 Å². The molecular weight excluding hydrogens is 568 g/mol. The number of benzene rings is 5. The zero-order valence-electron chi connectivity index (χ0n) is 26.0. The fourth-order valence-electron chi connectivity index (χ4n) is 8.94. The molecule has 0 atom stereocenters. The first-order chi connectivity index (χ1) is 19.5. The second kappa shape index (κ2) is 10.4. The van der Waals surface area contributed by atoms with Crippen molar-refractivity contribution in [3.8, 4) is 0 Å². The molecule has 0 unspecified atom stereocenters. The molecule has 2 aliphatic carbocycles. The molecule has 0 fully saturated rings. The summed E-state index contributed by atoms with van der Waals surface area (Å²) in [6, 6.07) is 35.7. The molecule has 0 spiro atoms. The summed E-state index contributed by atoms with van der Waals surface area (Å²) in [6.45, 7) is 7.41. The molecule has 0 amide bonds. The second-order valence-electron chi connectivity index (χ2n) is 12.6. The Labute approximate surface area is 272 Å². The zero-order chi connectivity index (χ0) is 26.7. The third-order valence-corrected chi connectivity index (χ3v) is 15.3. The summed E-state index contributed by atoms with van der Waals surface area (Å²) < 4.78 is 0. The van der Waals surface area contributed by atoms with Crippen LogP contribution in [0, 0.1) is 28.7 Å². The summed E-state index contributed by atoms with van der Waals surface area (Å²) in [5.41, 5.74) is 9.06. The Hall–Kier alpha value is -3.23. The van der Waals surface area contributed by atoms with Gasteiger partial charge in [0.05, 0.1) is 8.07 Å². The SMILES string of the molecule is Cc1cc2c3cccc4c3c(cc2[c-]1[Si](C)(c1ccccc1)[c-]1c(C)cc2c3cccc5c3c(cc21)CC5)CC4.[CH3-].[CH3-].[Ti+4]. The van der Waals surface area contributed by atoms with Crippen LogP contribution in [0.15, 0.2) is 91.0 Å². The van der Waals surface area contributed by atoms with Gasteiger partial charge in [-0.05, 0) is 47.6 Å². The quantitative estimate of drug-likeness (QED) is 0.140. The molecule has 2 heteroatoms. The topological polar surface area (TPSA) is 0 Å². The summed E-state index contributed by atoms with van der Waals surface area (Å²) in [5, 5.41) is 16.6. The van der Waals surface area contributed by atoms with Crippen LogP contribution in [0.3, 0.4) is 0 Å². The molecular formula is C41H38SiTi. The molecule has 0 heterocycles. The van der Waals surface area contributed by atoms with Crippen molar-refractivity contribution >= 4 is 66.7 Å². The fourth-order valence-corrected chi connectivity index (χ4v) is 13.8. The minimum Gasteiger partial charge on any atom is -0.358 e. The van der Waals surface area contributed by atoms with Crippen molar-refractivity contribution in [1.82, 2.24) is 0 Å². The summed E-state index contributed by atoms with van der Waals surface area (Å²) in [5.74, 6) is 0. The Morgan fingerprint density at radius 2 is 0.953 bits per heavy atom. The van der Waals surface area contributed by atoms with E-state index in [4.69, 9.17) is 0 Å². The van der Waals surface area contributed by atoms with Gasteiger partial charge in [0.1, 0.15) is 0 Å². The van der Waals surface area contributed by atoms with Crippen molar-refractivity contribution in [1.29, 1.82) is 0 Å². The van der Waals surface area contributed by atoms with E-state index in [2.05, 4.69) is 111 Å². The van der Waals surface area contributed by atoms with Crippen molar-refractivity contribution in [3.63, 3.8) is 0 Å². The van der Waals surface area contributed by atoms with E-state index in [-0.39, 0.29) is 36.6 Å². The van der Waals surface area contributed by atoms with E-state index in [1.54, 1.807) is 21.5 Å². The summed E-state index contributed by atoms with van der Waals surface area (Å²) in [4.78, 5) is 0. The summed E-state index contributed by atoms with van der Waals surface area (Å²) in [6.07, 6.45) is 4.67. The minimum atomic E-state index is -2.40. The Balaban J connectivity index is 0.00000110. The van der Waals surface area contributed by atoms with Gasteiger partial charge in [0.25, 0.3) is 0 Å². The van der Waals surface area contributed by atoms with Crippen LogP contribution in [0.2, 0.25) is 6.55 Å². The Kier molecular flexibility index (Phi) is 7.24. The molecule has 0 nitrogen and oxygen atoms in total.